The summed E-state index contributed by atoms with van der Waals surface area (Å²) in [6.45, 7) is 2.05. The van der Waals surface area contributed by atoms with Crippen LogP contribution in [0.1, 0.15) is 27.0 Å². The molecule has 2 aromatic rings. The van der Waals surface area contributed by atoms with Crippen molar-refractivity contribution in [2.75, 3.05) is 7.05 Å². The number of rotatable bonds is 1. The lowest BCUT2D eigenvalue weighted by molar-refractivity contribution is 0.0963. The molecule has 2 heteroatoms. The average Bonchev–Trinajstić information content (AvgIpc) is 2.46. The topological polar surface area (TPSA) is 29.1 Å². The summed E-state index contributed by atoms with van der Waals surface area (Å²) in [5.74, 6) is 6.10. The highest BCUT2D eigenvalue weighted by atomic mass is 16.1. The highest BCUT2D eigenvalue weighted by molar-refractivity contribution is 5.94. The van der Waals surface area contributed by atoms with Crippen LogP contribution in [-0.2, 0) is 0 Å². The molecule has 2 nitrogen and oxygen atoms in total. The number of hydrogen-bond donors (Lipinski definition) is 1. The molecule has 2 aromatic carbocycles. The lowest BCUT2D eigenvalue weighted by Gasteiger charge is -1.98. The maximum Gasteiger partial charge on any atom is 0.251 e. The number of carbonyl (C=O) groups is 1. The van der Waals surface area contributed by atoms with E-state index < -0.39 is 0 Å². The van der Waals surface area contributed by atoms with Gasteiger partial charge in [0.2, 0.25) is 0 Å². The first kappa shape index (κ1) is 12.9. The summed E-state index contributed by atoms with van der Waals surface area (Å²) in [5, 5.41) is 2.59. The van der Waals surface area contributed by atoms with Gasteiger partial charge >= 0.3 is 0 Å². The maximum atomic E-state index is 11.4. The molecule has 94 valence electrons. The third-order valence-electron chi connectivity index (χ3n) is 2.78. The minimum absolute atomic E-state index is 0.0851. The quantitative estimate of drug-likeness (QED) is 0.774. The molecular formula is C17H15NO. The first-order chi connectivity index (χ1) is 9.19. The number of amides is 1. The molecule has 0 saturated heterocycles. The fourth-order valence-corrected chi connectivity index (χ4v) is 1.63. The molecule has 0 aliphatic carbocycles. The van der Waals surface area contributed by atoms with E-state index in [9.17, 15) is 4.79 Å². The number of nitrogens with one attached hydrogen (secondary N) is 1. The van der Waals surface area contributed by atoms with Crippen LogP contribution in [0.5, 0.6) is 0 Å². The van der Waals surface area contributed by atoms with E-state index in [-0.39, 0.29) is 5.91 Å². The van der Waals surface area contributed by atoms with Gasteiger partial charge in [-0.1, -0.05) is 29.5 Å². The molecule has 0 saturated carbocycles. The van der Waals surface area contributed by atoms with Crippen LogP contribution in [0.25, 0.3) is 0 Å². The summed E-state index contributed by atoms with van der Waals surface area (Å²) in [5.41, 5.74) is 3.75. The predicted octanol–water partition coefficient (Wildman–Crippen LogP) is 2.75. The van der Waals surface area contributed by atoms with E-state index in [1.165, 1.54) is 5.56 Å². The smallest absolute Gasteiger partial charge is 0.251 e. The summed E-state index contributed by atoms with van der Waals surface area (Å²) in [4.78, 5) is 11.4. The van der Waals surface area contributed by atoms with Gasteiger partial charge in [-0.2, -0.15) is 0 Å². The summed E-state index contributed by atoms with van der Waals surface area (Å²) < 4.78 is 0. The molecule has 0 heterocycles. The molecule has 0 bridgehead atoms. The van der Waals surface area contributed by atoms with Crippen LogP contribution in [-0.4, -0.2) is 13.0 Å². The Morgan fingerprint density at radius 3 is 1.84 bits per heavy atom. The van der Waals surface area contributed by atoms with Crippen LogP contribution < -0.4 is 5.32 Å². The molecule has 0 aliphatic rings. The Bertz CT molecular complexity index is 628. The van der Waals surface area contributed by atoms with Crippen molar-refractivity contribution in [3.05, 3.63) is 70.8 Å². The van der Waals surface area contributed by atoms with Crippen molar-refractivity contribution in [3.8, 4) is 11.8 Å². The Hall–Kier alpha value is -2.53. The molecule has 0 aromatic heterocycles. The van der Waals surface area contributed by atoms with Gasteiger partial charge in [-0.15, -0.1) is 0 Å². The molecule has 0 radical (unpaired) electrons. The molecule has 2 rings (SSSR count). The molecule has 0 fully saturated rings. The Labute approximate surface area is 113 Å². The van der Waals surface area contributed by atoms with Crippen molar-refractivity contribution < 1.29 is 4.79 Å². The highest BCUT2D eigenvalue weighted by Crippen LogP contribution is 2.05. The van der Waals surface area contributed by atoms with Crippen molar-refractivity contribution in [2.24, 2.45) is 0 Å². The maximum absolute atomic E-state index is 11.4. The molecule has 1 N–H and O–H groups in total. The molecule has 0 spiro atoms. The first-order valence-electron chi connectivity index (χ1n) is 6.10. The minimum Gasteiger partial charge on any atom is -0.355 e. The molecule has 0 atom stereocenters. The second kappa shape index (κ2) is 5.88. The third kappa shape index (κ3) is 3.46. The zero-order valence-electron chi connectivity index (χ0n) is 11.0. The second-order valence-corrected chi connectivity index (χ2v) is 4.27. The molecule has 0 unspecified atom stereocenters. The Kier molecular flexibility index (Phi) is 4.00. The fraction of sp³-hybridized carbons (Fsp3) is 0.118. The standard InChI is InChI=1S/C17H15NO/c1-13-3-5-14(6-4-13)7-8-15-9-11-16(12-10-15)17(19)18-2/h3-6,9-12H,1-2H3,(H,18,19). The van der Waals surface area contributed by atoms with Gasteiger partial charge in [0, 0.05) is 23.7 Å². The van der Waals surface area contributed by atoms with Crippen LogP contribution in [0.3, 0.4) is 0 Å². The van der Waals surface area contributed by atoms with E-state index in [0.717, 1.165) is 11.1 Å². The molecular weight excluding hydrogens is 234 g/mol. The van der Waals surface area contributed by atoms with Gasteiger partial charge in [0.15, 0.2) is 0 Å². The molecule has 0 aliphatic heterocycles. The van der Waals surface area contributed by atoms with Gasteiger partial charge in [0.1, 0.15) is 0 Å². The Morgan fingerprint density at radius 1 is 0.895 bits per heavy atom. The summed E-state index contributed by atoms with van der Waals surface area (Å²) in [6, 6.07) is 15.3. The number of hydrogen-bond acceptors (Lipinski definition) is 1. The lowest BCUT2D eigenvalue weighted by atomic mass is 10.1. The van der Waals surface area contributed by atoms with Gasteiger partial charge in [-0.25, -0.2) is 0 Å². The molecule has 1 amide bonds. The van der Waals surface area contributed by atoms with Crippen molar-refractivity contribution in [3.63, 3.8) is 0 Å². The summed E-state index contributed by atoms with van der Waals surface area (Å²) in [7, 11) is 1.62. The Balaban J connectivity index is 2.16. The monoisotopic (exact) mass is 249 g/mol. The van der Waals surface area contributed by atoms with Gasteiger partial charge in [0.05, 0.1) is 0 Å². The fourth-order valence-electron chi connectivity index (χ4n) is 1.63. The summed E-state index contributed by atoms with van der Waals surface area (Å²) >= 11 is 0. The van der Waals surface area contributed by atoms with E-state index in [1.54, 1.807) is 19.2 Å². The Morgan fingerprint density at radius 2 is 1.37 bits per heavy atom. The first-order valence-corrected chi connectivity index (χ1v) is 6.10. The van der Waals surface area contributed by atoms with E-state index in [1.807, 2.05) is 36.4 Å². The summed E-state index contributed by atoms with van der Waals surface area (Å²) in [6.07, 6.45) is 0. The van der Waals surface area contributed by atoms with E-state index >= 15 is 0 Å². The highest BCUT2D eigenvalue weighted by Gasteiger charge is 2.00. The van der Waals surface area contributed by atoms with Crippen LogP contribution in [0.2, 0.25) is 0 Å². The second-order valence-electron chi connectivity index (χ2n) is 4.27. The SMILES string of the molecule is CNC(=O)c1ccc(C#Cc2ccc(C)cc2)cc1. The van der Waals surface area contributed by atoms with Crippen molar-refractivity contribution >= 4 is 5.91 Å². The zero-order chi connectivity index (χ0) is 13.7. The largest absolute Gasteiger partial charge is 0.355 e. The number of carbonyl (C=O) groups excluding carboxylic acids is 1. The zero-order valence-corrected chi connectivity index (χ0v) is 11.0. The third-order valence-corrected chi connectivity index (χ3v) is 2.78. The number of benzene rings is 2. The van der Waals surface area contributed by atoms with Gasteiger partial charge in [-0.05, 0) is 43.3 Å². The predicted molar refractivity (Wildman–Crippen MR) is 77.0 cm³/mol. The van der Waals surface area contributed by atoms with Gasteiger partial charge in [-0.3, -0.25) is 4.79 Å². The van der Waals surface area contributed by atoms with Gasteiger partial charge < -0.3 is 5.32 Å². The van der Waals surface area contributed by atoms with Crippen LogP contribution >= 0.6 is 0 Å². The normalized spacial score (nSPS) is 9.37. The van der Waals surface area contributed by atoms with Crippen molar-refractivity contribution in [2.45, 2.75) is 6.92 Å². The van der Waals surface area contributed by atoms with Crippen molar-refractivity contribution in [1.29, 1.82) is 0 Å². The van der Waals surface area contributed by atoms with Crippen molar-refractivity contribution in [1.82, 2.24) is 5.32 Å². The van der Waals surface area contributed by atoms with E-state index in [2.05, 4.69) is 24.1 Å². The minimum atomic E-state index is -0.0851. The van der Waals surface area contributed by atoms with Crippen LogP contribution in [0.15, 0.2) is 48.5 Å². The van der Waals surface area contributed by atoms with Crippen LogP contribution in [0.4, 0.5) is 0 Å². The average molecular weight is 249 g/mol. The molecule has 19 heavy (non-hydrogen) atoms. The van der Waals surface area contributed by atoms with Crippen LogP contribution in [0, 0.1) is 18.8 Å². The van der Waals surface area contributed by atoms with Gasteiger partial charge in [0.25, 0.3) is 5.91 Å². The van der Waals surface area contributed by atoms with E-state index in [4.69, 9.17) is 0 Å². The van der Waals surface area contributed by atoms with E-state index in [0.29, 0.717) is 5.56 Å². The number of aryl methyl sites for hydroxylation is 1. The lowest BCUT2D eigenvalue weighted by Crippen LogP contribution is -2.17.